The molecule has 1 aliphatic rings. The van der Waals surface area contributed by atoms with Crippen LogP contribution in [0, 0.1) is 13.8 Å². The summed E-state index contributed by atoms with van der Waals surface area (Å²) < 4.78 is 10.7. The van der Waals surface area contributed by atoms with Crippen LogP contribution in [0.3, 0.4) is 0 Å². The monoisotopic (exact) mass is 260 g/mol. The molecule has 0 saturated carbocycles. The van der Waals surface area contributed by atoms with Gasteiger partial charge in [0.25, 0.3) is 0 Å². The summed E-state index contributed by atoms with van der Waals surface area (Å²) in [6.07, 6.45) is 0. The van der Waals surface area contributed by atoms with Crippen molar-refractivity contribution in [3.8, 4) is 11.4 Å². The number of nitrogens with zero attached hydrogens (tertiary/aromatic N) is 3. The van der Waals surface area contributed by atoms with Gasteiger partial charge in [0.2, 0.25) is 11.7 Å². The Balaban J connectivity index is 1.87. The van der Waals surface area contributed by atoms with Crippen LogP contribution in [0.25, 0.3) is 11.4 Å². The predicted molar refractivity (Wildman–Crippen MR) is 68.6 cm³/mol. The van der Waals surface area contributed by atoms with Gasteiger partial charge in [-0.1, -0.05) is 5.16 Å². The summed E-state index contributed by atoms with van der Waals surface area (Å²) in [5.74, 6) is 1.16. The summed E-state index contributed by atoms with van der Waals surface area (Å²) in [6.45, 7) is 5.99. The summed E-state index contributed by atoms with van der Waals surface area (Å²) in [5.41, 5.74) is 2.82. The van der Waals surface area contributed by atoms with E-state index in [2.05, 4.69) is 20.4 Å². The van der Waals surface area contributed by atoms with E-state index in [9.17, 15) is 0 Å². The number of rotatable bonds is 2. The molecule has 6 nitrogen and oxygen atoms in total. The van der Waals surface area contributed by atoms with Crippen molar-refractivity contribution >= 4 is 0 Å². The van der Waals surface area contributed by atoms with E-state index in [1.807, 2.05) is 26.0 Å². The van der Waals surface area contributed by atoms with E-state index < -0.39 is 0 Å². The number of aromatic nitrogens is 3. The maximum absolute atomic E-state index is 5.39. The first-order valence-corrected chi connectivity index (χ1v) is 6.33. The van der Waals surface area contributed by atoms with Crippen LogP contribution in [0.1, 0.15) is 23.3 Å². The largest absolute Gasteiger partial charge is 0.378 e. The van der Waals surface area contributed by atoms with Gasteiger partial charge in [-0.15, -0.1) is 0 Å². The van der Waals surface area contributed by atoms with E-state index in [4.69, 9.17) is 9.26 Å². The molecule has 0 amide bonds. The maximum atomic E-state index is 5.39. The van der Waals surface area contributed by atoms with E-state index in [0.29, 0.717) is 18.3 Å². The van der Waals surface area contributed by atoms with Crippen LogP contribution in [-0.2, 0) is 4.74 Å². The highest BCUT2D eigenvalue weighted by Crippen LogP contribution is 2.21. The molecule has 6 heteroatoms. The molecule has 1 fully saturated rings. The minimum atomic E-state index is -0.0148. The Kier molecular flexibility index (Phi) is 3.27. The first-order chi connectivity index (χ1) is 9.22. The fourth-order valence-corrected chi connectivity index (χ4v) is 2.18. The Morgan fingerprint density at radius 3 is 2.68 bits per heavy atom. The van der Waals surface area contributed by atoms with Crippen LogP contribution in [0.5, 0.6) is 0 Å². The molecule has 3 rings (SSSR count). The van der Waals surface area contributed by atoms with Gasteiger partial charge in [-0.25, -0.2) is 0 Å². The van der Waals surface area contributed by atoms with Crippen LogP contribution in [0.2, 0.25) is 0 Å². The molecular weight excluding hydrogens is 244 g/mol. The standard InChI is InChI=1S/C13H16N4O2/c1-8-5-10(6-9(2)15-8)12-16-13(19-17-12)11-7-18-4-3-14-11/h5-6,11,14H,3-4,7H2,1-2H3. The van der Waals surface area contributed by atoms with Gasteiger partial charge in [-0.2, -0.15) is 4.98 Å². The smallest absolute Gasteiger partial charge is 0.246 e. The lowest BCUT2D eigenvalue weighted by Crippen LogP contribution is -2.34. The molecule has 3 heterocycles. The average molecular weight is 260 g/mol. The fourth-order valence-electron chi connectivity index (χ4n) is 2.18. The third-order valence-electron chi connectivity index (χ3n) is 3.00. The second-order valence-electron chi connectivity index (χ2n) is 4.68. The topological polar surface area (TPSA) is 73.1 Å². The Morgan fingerprint density at radius 2 is 2.00 bits per heavy atom. The van der Waals surface area contributed by atoms with Gasteiger partial charge in [0.05, 0.1) is 13.2 Å². The third-order valence-corrected chi connectivity index (χ3v) is 3.00. The lowest BCUT2D eigenvalue weighted by molar-refractivity contribution is 0.0659. The highest BCUT2D eigenvalue weighted by atomic mass is 16.5. The molecule has 0 aromatic carbocycles. The minimum absolute atomic E-state index is 0.0148. The summed E-state index contributed by atoms with van der Waals surface area (Å²) in [6, 6.07) is 3.89. The van der Waals surface area contributed by atoms with Crippen molar-refractivity contribution in [1.82, 2.24) is 20.4 Å². The maximum Gasteiger partial charge on any atom is 0.246 e. The quantitative estimate of drug-likeness (QED) is 0.880. The molecule has 2 aromatic heterocycles. The van der Waals surface area contributed by atoms with Crippen molar-refractivity contribution in [1.29, 1.82) is 0 Å². The van der Waals surface area contributed by atoms with E-state index in [1.165, 1.54) is 0 Å². The van der Waals surface area contributed by atoms with Crippen molar-refractivity contribution in [2.75, 3.05) is 19.8 Å². The highest BCUT2D eigenvalue weighted by Gasteiger charge is 2.22. The van der Waals surface area contributed by atoms with E-state index in [1.54, 1.807) is 0 Å². The number of nitrogens with one attached hydrogen (secondary N) is 1. The summed E-state index contributed by atoms with van der Waals surface area (Å²) >= 11 is 0. The van der Waals surface area contributed by atoms with Crippen LogP contribution in [0.4, 0.5) is 0 Å². The van der Waals surface area contributed by atoms with Crippen molar-refractivity contribution in [3.05, 3.63) is 29.4 Å². The van der Waals surface area contributed by atoms with Gasteiger partial charge >= 0.3 is 0 Å². The van der Waals surface area contributed by atoms with Crippen molar-refractivity contribution in [3.63, 3.8) is 0 Å². The van der Waals surface area contributed by atoms with Crippen LogP contribution in [-0.4, -0.2) is 34.9 Å². The van der Waals surface area contributed by atoms with Crippen LogP contribution < -0.4 is 5.32 Å². The normalized spacial score (nSPS) is 19.6. The summed E-state index contributed by atoms with van der Waals surface area (Å²) in [4.78, 5) is 8.78. The molecule has 2 aromatic rings. The van der Waals surface area contributed by atoms with Gasteiger partial charge in [-0.05, 0) is 26.0 Å². The third kappa shape index (κ3) is 2.64. The Morgan fingerprint density at radius 1 is 1.21 bits per heavy atom. The number of hydrogen-bond donors (Lipinski definition) is 1. The van der Waals surface area contributed by atoms with Crippen LogP contribution in [0.15, 0.2) is 16.7 Å². The van der Waals surface area contributed by atoms with E-state index in [-0.39, 0.29) is 6.04 Å². The molecule has 1 saturated heterocycles. The molecule has 0 radical (unpaired) electrons. The number of morpholine rings is 1. The van der Waals surface area contributed by atoms with Crippen molar-refractivity contribution in [2.24, 2.45) is 0 Å². The minimum Gasteiger partial charge on any atom is -0.378 e. The van der Waals surface area contributed by atoms with Gasteiger partial charge in [-0.3, -0.25) is 4.98 Å². The lowest BCUT2D eigenvalue weighted by atomic mass is 10.2. The molecular formula is C13H16N4O2. The molecule has 0 spiro atoms. The molecule has 0 aliphatic carbocycles. The summed E-state index contributed by atoms with van der Waals surface area (Å²) in [5, 5.41) is 7.32. The molecule has 100 valence electrons. The van der Waals surface area contributed by atoms with Gasteiger partial charge in [0, 0.05) is 23.5 Å². The molecule has 1 N–H and O–H groups in total. The Labute approximate surface area is 111 Å². The second kappa shape index (κ2) is 5.07. The van der Waals surface area contributed by atoms with Gasteiger partial charge < -0.3 is 14.6 Å². The van der Waals surface area contributed by atoms with E-state index in [0.717, 1.165) is 30.1 Å². The second-order valence-corrected chi connectivity index (χ2v) is 4.68. The van der Waals surface area contributed by atoms with Gasteiger partial charge in [0.15, 0.2) is 0 Å². The highest BCUT2D eigenvalue weighted by molar-refractivity contribution is 5.55. The first kappa shape index (κ1) is 12.3. The number of ether oxygens (including phenoxy) is 1. The van der Waals surface area contributed by atoms with Crippen molar-refractivity contribution in [2.45, 2.75) is 19.9 Å². The van der Waals surface area contributed by atoms with Gasteiger partial charge in [0.1, 0.15) is 6.04 Å². The Bertz CT molecular complexity index is 556. The SMILES string of the molecule is Cc1cc(-c2noc(C3COCCN3)n2)cc(C)n1. The summed E-state index contributed by atoms with van der Waals surface area (Å²) in [7, 11) is 0. The molecule has 0 bridgehead atoms. The average Bonchev–Trinajstić information content (AvgIpc) is 2.88. The zero-order valence-corrected chi connectivity index (χ0v) is 11.0. The number of pyridine rings is 1. The van der Waals surface area contributed by atoms with Crippen molar-refractivity contribution < 1.29 is 9.26 Å². The zero-order valence-electron chi connectivity index (χ0n) is 11.0. The number of aryl methyl sites for hydroxylation is 2. The molecule has 19 heavy (non-hydrogen) atoms. The first-order valence-electron chi connectivity index (χ1n) is 6.33. The number of hydrogen-bond acceptors (Lipinski definition) is 6. The van der Waals surface area contributed by atoms with E-state index >= 15 is 0 Å². The molecule has 1 unspecified atom stereocenters. The molecule has 1 atom stereocenters. The predicted octanol–water partition coefficient (Wildman–Crippen LogP) is 1.41. The Hall–Kier alpha value is -1.79. The zero-order chi connectivity index (χ0) is 13.2. The fraction of sp³-hybridized carbons (Fsp3) is 0.462. The lowest BCUT2D eigenvalue weighted by Gasteiger charge is -2.20. The van der Waals surface area contributed by atoms with Crippen LogP contribution >= 0.6 is 0 Å². The molecule has 1 aliphatic heterocycles.